The van der Waals surface area contributed by atoms with Crippen molar-refractivity contribution in [2.75, 3.05) is 6.61 Å². The zero-order valence-electron chi connectivity index (χ0n) is 11.8. The molecule has 0 aliphatic rings. The highest BCUT2D eigenvalue weighted by Crippen LogP contribution is 2.14. The molecule has 0 aromatic rings. The molecule has 0 aliphatic heterocycles. The van der Waals surface area contributed by atoms with Crippen LogP contribution in [-0.2, 0) is 0 Å². The van der Waals surface area contributed by atoms with Gasteiger partial charge in [0.15, 0.2) is 0 Å². The molecule has 2 N–H and O–H groups in total. The second kappa shape index (κ2) is 9.00. The van der Waals surface area contributed by atoms with Crippen molar-refractivity contribution in [1.82, 2.24) is 5.32 Å². The summed E-state index contributed by atoms with van der Waals surface area (Å²) in [5.74, 6) is 1.42. The van der Waals surface area contributed by atoms with Crippen LogP contribution in [0.15, 0.2) is 0 Å². The van der Waals surface area contributed by atoms with Gasteiger partial charge < -0.3 is 10.4 Å². The molecule has 0 rings (SSSR count). The smallest absolute Gasteiger partial charge is 0.0584 e. The van der Waals surface area contributed by atoms with Gasteiger partial charge in [0.1, 0.15) is 0 Å². The molecular weight excluding hydrogens is 198 g/mol. The maximum absolute atomic E-state index is 9.35. The first-order valence-corrected chi connectivity index (χ1v) is 6.90. The molecule has 2 nitrogen and oxygen atoms in total. The summed E-state index contributed by atoms with van der Waals surface area (Å²) in [6, 6.07) is 0.833. The van der Waals surface area contributed by atoms with Crippen LogP contribution >= 0.6 is 0 Å². The van der Waals surface area contributed by atoms with E-state index in [-0.39, 0.29) is 12.6 Å². The Bertz CT molecular complexity index is 159. The predicted molar refractivity (Wildman–Crippen MR) is 71.6 cm³/mol. The topological polar surface area (TPSA) is 32.3 Å². The van der Waals surface area contributed by atoms with Gasteiger partial charge in [-0.2, -0.15) is 0 Å². The van der Waals surface area contributed by atoms with E-state index in [4.69, 9.17) is 0 Å². The molecule has 0 aromatic heterocycles. The molecule has 0 aromatic carbocycles. The molecule has 0 saturated carbocycles. The average molecular weight is 229 g/mol. The monoisotopic (exact) mass is 229 g/mol. The first-order chi connectivity index (χ1) is 7.53. The predicted octanol–water partition coefficient (Wildman–Crippen LogP) is 3.20. The normalized spacial score (nSPS) is 17.4. The third-order valence-electron chi connectivity index (χ3n) is 3.32. The van der Waals surface area contributed by atoms with Gasteiger partial charge in [-0.3, -0.25) is 0 Å². The van der Waals surface area contributed by atoms with E-state index >= 15 is 0 Å². The van der Waals surface area contributed by atoms with Crippen LogP contribution in [0.1, 0.15) is 60.3 Å². The summed E-state index contributed by atoms with van der Waals surface area (Å²) in [4.78, 5) is 0. The fourth-order valence-electron chi connectivity index (χ4n) is 2.10. The highest BCUT2D eigenvalue weighted by atomic mass is 16.3. The Balaban J connectivity index is 4.05. The maximum Gasteiger partial charge on any atom is 0.0584 e. The van der Waals surface area contributed by atoms with Crippen LogP contribution in [0.5, 0.6) is 0 Å². The van der Waals surface area contributed by atoms with Gasteiger partial charge in [-0.15, -0.1) is 0 Å². The summed E-state index contributed by atoms with van der Waals surface area (Å²) >= 11 is 0. The van der Waals surface area contributed by atoms with Gasteiger partial charge in [-0.1, -0.05) is 41.0 Å². The van der Waals surface area contributed by atoms with Crippen LogP contribution < -0.4 is 5.32 Å². The fourth-order valence-corrected chi connectivity index (χ4v) is 2.10. The van der Waals surface area contributed by atoms with E-state index in [1.54, 1.807) is 0 Å². The van der Waals surface area contributed by atoms with Gasteiger partial charge >= 0.3 is 0 Å². The Kier molecular flexibility index (Phi) is 8.96. The van der Waals surface area contributed by atoms with Gasteiger partial charge in [0.25, 0.3) is 0 Å². The van der Waals surface area contributed by atoms with Crippen LogP contribution in [0.25, 0.3) is 0 Å². The third-order valence-corrected chi connectivity index (χ3v) is 3.32. The molecule has 0 bridgehead atoms. The second-order valence-electron chi connectivity index (χ2n) is 5.53. The number of aliphatic hydroxyl groups excluding tert-OH is 1. The van der Waals surface area contributed by atoms with E-state index in [1.807, 2.05) is 0 Å². The molecule has 0 amide bonds. The Morgan fingerprint density at radius 2 is 1.56 bits per heavy atom. The van der Waals surface area contributed by atoms with E-state index in [0.717, 1.165) is 18.8 Å². The number of nitrogens with one attached hydrogen (secondary N) is 1. The Labute approximate surface area is 102 Å². The Morgan fingerprint density at radius 3 is 1.94 bits per heavy atom. The lowest BCUT2D eigenvalue weighted by Gasteiger charge is -2.26. The van der Waals surface area contributed by atoms with Crippen molar-refractivity contribution in [2.45, 2.75) is 72.4 Å². The molecule has 0 heterocycles. The van der Waals surface area contributed by atoms with Crippen molar-refractivity contribution in [3.63, 3.8) is 0 Å². The summed E-state index contributed by atoms with van der Waals surface area (Å²) in [6.45, 7) is 11.5. The lowest BCUT2D eigenvalue weighted by molar-refractivity contribution is 0.204. The fraction of sp³-hybridized carbons (Fsp3) is 1.00. The van der Waals surface area contributed by atoms with Crippen molar-refractivity contribution >= 4 is 0 Å². The molecule has 16 heavy (non-hydrogen) atoms. The lowest BCUT2D eigenvalue weighted by atomic mass is 9.96. The summed E-state index contributed by atoms with van der Waals surface area (Å²) < 4.78 is 0. The largest absolute Gasteiger partial charge is 0.395 e. The SMILES string of the molecule is CCC(C)CC(CC)NC(CO)CC(C)C. The number of hydrogen-bond donors (Lipinski definition) is 2. The summed E-state index contributed by atoms with van der Waals surface area (Å²) in [5, 5.41) is 12.9. The van der Waals surface area contributed by atoms with Gasteiger partial charge in [0.05, 0.1) is 6.61 Å². The van der Waals surface area contributed by atoms with Gasteiger partial charge in [-0.05, 0) is 31.1 Å². The van der Waals surface area contributed by atoms with Crippen LogP contribution in [0, 0.1) is 11.8 Å². The van der Waals surface area contributed by atoms with E-state index in [2.05, 4.69) is 39.9 Å². The van der Waals surface area contributed by atoms with Crippen molar-refractivity contribution < 1.29 is 5.11 Å². The van der Waals surface area contributed by atoms with Gasteiger partial charge in [0.2, 0.25) is 0 Å². The summed E-state index contributed by atoms with van der Waals surface area (Å²) in [7, 11) is 0. The highest BCUT2D eigenvalue weighted by molar-refractivity contribution is 4.75. The number of rotatable bonds is 9. The Morgan fingerprint density at radius 1 is 0.938 bits per heavy atom. The first kappa shape index (κ1) is 15.9. The molecule has 3 atom stereocenters. The highest BCUT2D eigenvalue weighted by Gasteiger charge is 2.16. The van der Waals surface area contributed by atoms with Crippen LogP contribution in [0.4, 0.5) is 0 Å². The van der Waals surface area contributed by atoms with Gasteiger partial charge in [-0.25, -0.2) is 0 Å². The molecule has 0 fully saturated rings. The van der Waals surface area contributed by atoms with Crippen molar-refractivity contribution in [3.05, 3.63) is 0 Å². The molecule has 0 spiro atoms. The zero-order chi connectivity index (χ0) is 12.6. The standard InChI is InChI=1S/C14H31NO/c1-6-12(5)9-13(7-2)15-14(10-16)8-11(3)4/h11-16H,6-10H2,1-5H3. The van der Waals surface area contributed by atoms with Crippen molar-refractivity contribution in [1.29, 1.82) is 0 Å². The Hall–Kier alpha value is -0.0800. The number of aliphatic hydroxyl groups is 1. The summed E-state index contributed by atoms with van der Waals surface area (Å²) in [5.41, 5.74) is 0. The molecule has 0 saturated heterocycles. The average Bonchev–Trinajstić information content (AvgIpc) is 2.25. The summed E-state index contributed by atoms with van der Waals surface area (Å²) in [6.07, 6.45) is 4.68. The molecule has 3 unspecified atom stereocenters. The van der Waals surface area contributed by atoms with Crippen LogP contribution in [0.3, 0.4) is 0 Å². The molecular formula is C14H31NO. The molecule has 0 aliphatic carbocycles. The maximum atomic E-state index is 9.35. The first-order valence-electron chi connectivity index (χ1n) is 6.90. The van der Waals surface area contributed by atoms with Gasteiger partial charge in [0, 0.05) is 12.1 Å². The van der Waals surface area contributed by atoms with E-state index < -0.39 is 0 Å². The molecule has 98 valence electrons. The molecule has 0 radical (unpaired) electrons. The van der Waals surface area contributed by atoms with E-state index in [9.17, 15) is 5.11 Å². The van der Waals surface area contributed by atoms with Crippen LogP contribution in [0.2, 0.25) is 0 Å². The van der Waals surface area contributed by atoms with Crippen molar-refractivity contribution in [3.8, 4) is 0 Å². The minimum atomic E-state index is 0.259. The zero-order valence-corrected chi connectivity index (χ0v) is 11.8. The molecule has 2 heteroatoms. The van der Waals surface area contributed by atoms with Crippen molar-refractivity contribution in [2.24, 2.45) is 11.8 Å². The second-order valence-corrected chi connectivity index (χ2v) is 5.53. The number of hydrogen-bond acceptors (Lipinski definition) is 2. The quantitative estimate of drug-likeness (QED) is 0.636. The minimum absolute atomic E-state index is 0.259. The van der Waals surface area contributed by atoms with Crippen LogP contribution in [-0.4, -0.2) is 23.8 Å². The minimum Gasteiger partial charge on any atom is -0.395 e. The lowest BCUT2D eigenvalue weighted by Crippen LogP contribution is -2.41. The third kappa shape index (κ3) is 7.24. The van der Waals surface area contributed by atoms with E-state index in [0.29, 0.717) is 12.0 Å². The van der Waals surface area contributed by atoms with E-state index in [1.165, 1.54) is 12.8 Å².